The summed E-state index contributed by atoms with van der Waals surface area (Å²) < 4.78 is 50.6. The molecule has 1 aliphatic rings. The Balaban J connectivity index is 2.23. The molecule has 1 aromatic heterocycles. The minimum Gasteiger partial charge on any atom is -0.389 e. The van der Waals surface area contributed by atoms with E-state index in [2.05, 4.69) is 10.3 Å². The van der Waals surface area contributed by atoms with Crippen molar-refractivity contribution in [3.8, 4) is 0 Å². The Morgan fingerprint density at radius 2 is 2.15 bits per heavy atom. The minimum absolute atomic E-state index is 0.136. The summed E-state index contributed by atoms with van der Waals surface area (Å²) in [6, 6.07) is 0. The molecule has 1 aliphatic heterocycles. The van der Waals surface area contributed by atoms with E-state index in [1.165, 1.54) is 6.92 Å². The first kappa shape index (κ1) is 15.0. The van der Waals surface area contributed by atoms with Crippen molar-refractivity contribution >= 4 is 15.8 Å². The third-order valence-electron chi connectivity index (χ3n) is 2.91. The smallest absolute Gasteiger partial charge is 0.389 e. The van der Waals surface area contributed by atoms with Crippen molar-refractivity contribution in [1.82, 2.24) is 10.2 Å². The molecule has 2 heterocycles. The lowest BCUT2D eigenvalue weighted by atomic mass is 10.1. The van der Waals surface area contributed by atoms with Crippen LogP contribution in [0.5, 0.6) is 0 Å². The van der Waals surface area contributed by atoms with Crippen LogP contribution in [0.2, 0.25) is 0 Å². The Labute approximate surface area is 116 Å². The van der Waals surface area contributed by atoms with E-state index >= 15 is 0 Å². The molecule has 1 N–H and O–H groups in total. The standard InChI is InChI=1S/C11H14F3N3O2S/c1-6(7-5-15-16-9(7)11(12,13)14)20(18)8-4-10(2,3)19-17-8/h5-6H,4H2,1-3H3,(H,15,16). The lowest BCUT2D eigenvalue weighted by Gasteiger charge is -2.15. The van der Waals surface area contributed by atoms with Crippen molar-refractivity contribution < 1.29 is 22.2 Å². The largest absolute Gasteiger partial charge is 0.433 e. The Bertz CT molecular complexity index is 566. The summed E-state index contributed by atoms with van der Waals surface area (Å²) in [6.45, 7) is 4.98. The molecule has 0 spiro atoms. The van der Waals surface area contributed by atoms with E-state index in [9.17, 15) is 17.4 Å². The van der Waals surface area contributed by atoms with Gasteiger partial charge in [-0.15, -0.1) is 0 Å². The van der Waals surface area contributed by atoms with Crippen molar-refractivity contribution in [2.75, 3.05) is 0 Å². The van der Waals surface area contributed by atoms with Gasteiger partial charge in [0.15, 0.2) is 0 Å². The van der Waals surface area contributed by atoms with Crippen LogP contribution in [-0.2, 0) is 21.8 Å². The van der Waals surface area contributed by atoms with Gasteiger partial charge in [0.2, 0.25) is 0 Å². The van der Waals surface area contributed by atoms with Gasteiger partial charge < -0.3 is 4.84 Å². The van der Waals surface area contributed by atoms with E-state index in [4.69, 9.17) is 4.84 Å². The molecule has 20 heavy (non-hydrogen) atoms. The summed E-state index contributed by atoms with van der Waals surface area (Å²) in [7, 11) is -1.70. The average Bonchev–Trinajstić information content (AvgIpc) is 2.92. The second-order valence-electron chi connectivity index (χ2n) is 5.15. The number of nitrogens with zero attached hydrogens (tertiary/aromatic N) is 2. The number of aromatic nitrogens is 2. The van der Waals surface area contributed by atoms with Crippen LogP contribution in [0.25, 0.3) is 0 Å². The summed E-state index contributed by atoms with van der Waals surface area (Å²) >= 11 is 0. The molecule has 2 unspecified atom stereocenters. The highest BCUT2D eigenvalue weighted by Crippen LogP contribution is 2.36. The molecule has 2 rings (SSSR count). The van der Waals surface area contributed by atoms with Crippen LogP contribution >= 0.6 is 0 Å². The first-order chi connectivity index (χ1) is 9.12. The van der Waals surface area contributed by atoms with Crippen molar-refractivity contribution in [1.29, 1.82) is 0 Å². The van der Waals surface area contributed by atoms with Crippen molar-refractivity contribution in [2.24, 2.45) is 5.16 Å². The summed E-state index contributed by atoms with van der Waals surface area (Å²) in [5, 5.41) is 8.41. The number of oxime groups is 1. The van der Waals surface area contributed by atoms with Gasteiger partial charge in [-0.1, -0.05) is 5.16 Å². The van der Waals surface area contributed by atoms with Crippen LogP contribution in [-0.4, -0.2) is 25.1 Å². The third kappa shape index (κ3) is 2.87. The first-order valence-electron chi connectivity index (χ1n) is 5.88. The average molecular weight is 309 g/mol. The van der Waals surface area contributed by atoms with E-state index in [0.29, 0.717) is 6.42 Å². The maximum absolute atomic E-state index is 12.8. The zero-order chi connectivity index (χ0) is 15.1. The highest BCUT2D eigenvalue weighted by atomic mass is 32.2. The zero-order valence-electron chi connectivity index (χ0n) is 11.1. The molecule has 5 nitrogen and oxygen atoms in total. The van der Waals surface area contributed by atoms with Gasteiger partial charge in [-0.05, 0) is 20.8 Å². The molecular formula is C11H14F3N3O2S. The number of H-pyrrole nitrogens is 1. The number of alkyl halides is 3. The van der Waals surface area contributed by atoms with Gasteiger partial charge in [-0.25, -0.2) is 0 Å². The molecule has 0 saturated heterocycles. The minimum atomic E-state index is -4.56. The fraction of sp³-hybridized carbons (Fsp3) is 0.636. The monoisotopic (exact) mass is 309 g/mol. The molecular weight excluding hydrogens is 295 g/mol. The maximum atomic E-state index is 12.8. The molecule has 9 heteroatoms. The van der Waals surface area contributed by atoms with Crippen LogP contribution < -0.4 is 0 Å². The summed E-state index contributed by atoms with van der Waals surface area (Å²) in [4.78, 5) is 5.09. The summed E-state index contributed by atoms with van der Waals surface area (Å²) in [6.07, 6.45) is -3.19. The third-order valence-corrected chi connectivity index (χ3v) is 4.49. The van der Waals surface area contributed by atoms with E-state index in [1.54, 1.807) is 13.8 Å². The number of nitrogens with one attached hydrogen (secondary N) is 1. The van der Waals surface area contributed by atoms with Crippen molar-refractivity contribution in [3.05, 3.63) is 17.5 Å². The molecule has 0 amide bonds. The van der Waals surface area contributed by atoms with Gasteiger partial charge >= 0.3 is 6.18 Å². The Morgan fingerprint density at radius 3 is 2.65 bits per heavy atom. The highest BCUT2D eigenvalue weighted by Gasteiger charge is 2.40. The van der Waals surface area contributed by atoms with Gasteiger partial charge in [0, 0.05) is 12.0 Å². The molecule has 1 aromatic rings. The molecule has 112 valence electrons. The van der Waals surface area contributed by atoms with Gasteiger partial charge in [0.1, 0.15) is 16.3 Å². The SMILES string of the molecule is CC(c1cn[nH]c1C(F)(F)F)S(=O)C1=NOC(C)(C)C1. The number of hydrogen-bond acceptors (Lipinski definition) is 4. The topological polar surface area (TPSA) is 67.3 Å². The Morgan fingerprint density at radius 1 is 1.50 bits per heavy atom. The van der Waals surface area contributed by atoms with Crippen LogP contribution in [0.3, 0.4) is 0 Å². The quantitative estimate of drug-likeness (QED) is 0.913. The van der Waals surface area contributed by atoms with E-state index < -0.39 is 33.5 Å². The zero-order valence-corrected chi connectivity index (χ0v) is 11.9. The van der Waals surface area contributed by atoms with Crippen LogP contribution in [0, 0.1) is 0 Å². The lowest BCUT2D eigenvalue weighted by Crippen LogP contribution is -2.22. The number of rotatable bonds is 2. The van der Waals surface area contributed by atoms with E-state index in [1.807, 2.05) is 5.10 Å². The first-order valence-corrected chi connectivity index (χ1v) is 7.09. The number of hydrogen-bond donors (Lipinski definition) is 1. The van der Waals surface area contributed by atoms with Crippen LogP contribution in [0.15, 0.2) is 11.4 Å². The van der Waals surface area contributed by atoms with E-state index in [0.717, 1.165) is 6.20 Å². The summed E-state index contributed by atoms with van der Waals surface area (Å²) in [5.41, 5.74) is -1.69. The molecule has 0 aliphatic carbocycles. The second-order valence-corrected chi connectivity index (χ2v) is 6.92. The Hall–Kier alpha value is -1.38. The molecule has 0 aromatic carbocycles. The van der Waals surface area contributed by atoms with Gasteiger partial charge in [-0.2, -0.15) is 18.3 Å². The number of aromatic amines is 1. The fourth-order valence-electron chi connectivity index (χ4n) is 1.86. The van der Waals surface area contributed by atoms with E-state index in [-0.39, 0.29) is 10.6 Å². The second kappa shape index (κ2) is 4.87. The highest BCUT2D eigenvalue weighted by molar-refractivity contribution is 8.00. The van der Waals surface area contributed by atoms with Gasteiger partial charge in [0.05, 0.1) is 22.2 Å². The van der Waals surface area contributed by atoms with Gasteiger partial charge in [-0.3, -0.25) is 9.31 Å². The Kier molecular flexibility index (Phi) is 3.66. The molecule has 2 atom stereocenters. The predicted octanol–water partition coefficient (Wildman–Crippen LogP) is 2.75. The molecule has 0 radical (unpaired) electrons. The lowest BCUT2D eigenvalue weighted by molar-refractivity contribution is -0.141. The van der Waals surface area contributed by atoms with Crippen LogP contribution in [0.1, 0.15) is 43.7 Å². The molecule has 0 bridgehead atoms. The normalized spacial score (nSPS) is 21.2. The molecule has 0 fully saturated rings. The van der Waals surface area contributed by atoms with Gasteiger partial charge in [0.25, 0.3) is 0 Å². The maximum Gasteiger partial charge on any atom is 0.433 e. The van der Waals surface area contributed by atoms with Crippen molar-refractivity contribution in [2.45, 2.75) is 44.2 Å². The molecule has 0 saturated carbocycles. The predicted molar refractivity (Wildman–Crippen MR) is 67.4 cm³/mol. The van der Waals surface area contributed by atoms with Crippen molar-refractivity contribution in [3.63, 3.8) is 0 Å². The summed E-state index contributed by atoms with van der Waals surface area (Å²) in [5.74, 6) is 0. The fourth-order valence-corrected chi connectivity index (χ4v) is 3.28. The van der Waals surface area contributed by atoms with Crippen LogP contribution in [0.4, 0.5) is 13.2 Å². The number of halogens is 3.